The van der Waals surface area contributed by atoms with Crippen molar-refractivity contribution in [2.45, 2.75) is 26.7 Å². The fourth-order valence-corrected chi connectivity index (χ4v) is 1.83. The number of aliphatic carboxylic acids is 1. The summed E-state index contributed by atoms with van der Waals surface area (Å²) < 4.78 is 5.66. The van der Waals surface area contributed by atoms with Crippen molar-refractivity contribution in [1.29, 1.82) is 0 Å². The van der Waals surface area contributed by atoms with Crippen LogP contribution in [0, 0.1) is 6.92 Å². The number of nitrogens with zero attached hydrogens (tertiary/aromatic N) is 1. The van der Waals surface area contributed by atoms with Crippen molar-refractivity contribution in [3.05, 3.63) is 29.8 Å². The largest absolute Gasteiger partial charge is 0.492 e. The number of rotatable bonds is 9. The number of carbonyl (C=O) groups is 1. The summed E-state index contributed by atoms with van der Waals surface area (Å²) in [4.78, 5) is 12.7. The summed E-state index contributed by atoms with van der Waals surface area (Å²) in [6, 6.07) is 7.95. The van der Waals surface area contributed by atoms with Crippen molar-refractivity contribution >= 4 is 5.97 Å². The van der Waals surface area contributed by atoms with E-state index in [0.29, 0.717) is 13.2 Å². The van der Waals surface area contributed by atoms with Crippen LogP contribution >= 0.6 is 0 Å². The van der Waals surface area contributed by atoms with Crippen LogP contribution in [-0.4, -0.2) is 42.2 Å². The predicted molar refractivity (Wildman–Crippen MR) is 75.7 cm³/mol. The van der Waals surface area contributed by atoms with Gasteiger partial charge in [-0.2, -0.15) is 0 Å². The van der Waals surface area contributed by atoms with Crippen LogP contribution in [0.1, 0.15) is 25.3 Å². The molecular weight excluding hydrogens is 242 g/mol. The highest BCUT2D eigenvalue weighted by Gasteiger charge is 2.06. The van der Waals surface area contributed by atoms with Crippen LogP contribution in [0.5, 0.6) is 5.75 Å². The van der Waals surface area contributed by atoms with Crippen LogP contribution in [0.4, 0.5) is 0 Å². The molecule has 0 spiro atoms. The monoisotopic (exact) mass is 265 g/mol. The quantitative estimate of drug-likeness (QED) is 0.745. The van der Waals surface area contributed by atoms with Gasteiger partial charge in [-0.25, -0.2) is 0 Å². The Morgan fingerprint density at radius 3 is 2.47 bits per heavy atom. The number of carboxylic acids is 1. The first-order valence-electron chi connectivity index (χ1n) is 6.75. The number of ether oxygens (including phenoxy) is 1. The zero-order valence-electron chi connectivity index (χ0n) is 11.8. The van der Waals surface area contributed by atoms with E-state index in [1.807, 2.05) is 31.2 Å². The van der Waals surface area contributed by atoms with Crippen LogP contribution in [0.2, 0.25) is 0 Å². The van der Waals surface area contributed by atoms with Crippen molar-refractivity contribution in [1.82, 2.24) is 4.90 Å². The second-order valence-electron chi connectivity index (χ2n) is 4.65. The second kappa shape index (κ2) is 8.53. The van der Waals surface area contributed by atoms with Crippen molar-refractivity contribution in [3.63, 3.8) is 0 Å². The molecule has 0 bridgehead atoms. The molecule has 0 amide bonds. The summed E-state index contributed by atoms with van der Waals surface area (Å²) in [5, 5.41) is 8.70. The highest BCUT2D eigenvalue weighted by molar-refractivity contribution is 5.66. The molecule has 0 aliphatic carbocycles. The number of hydrogen-bond acceptors (Lipinski definition) is 3. The van der Waals surface area contributed by atoms with Gasteiger partial charge in [-0.1, -0.05) is 24.6 Å². The fraction of sp³-hybridized carbons (Fsp3) is 0.533. The first-order valence-corrected chi connectivity index (χ1v) is 6.75. The highest BCUT2D eigenvalue weighted by Crippen LogP contribution is 2.11. The third-order valence-electron chi connectivity index (χ3n) is 2.88. The van der Waals surface area contributed by atoms with E-state index in [-0.39, 0.29) is 6.42 Å². The normalized spacial score (nSPS) is 10.7. The second-order valence-corrected chi connectivity index (χ2v) is 4.65. The van der Waals surface area contributed by atoms with Gasteiger partial charge in [0.1, 0.15) is 12.4 Å². The molecule has 1 aromatic carbocycles. The van der Waals surface area contributed by atoms with Crippen LogP contribution in [0.3, 0.4) is 0 Å². The van der Waals surface area contributed by atoms with Crippen molar-refractivity contribution in [3.8, 4) is 5.75 Å². The molecule has 0 heterocycles. The van der Waals surface area contributed by atoms with Crippen molar-refractivity contribution in [2.24, 2.45) is 0 Å². The zero-order chi connectivity index (χ0) is 14.1. The number of hydrogen-bond donors (Lipinski definition) is 1. The number of benzene rings is 1. The molecule has 106 valence electrons. The summed E-state index contributed by atoms with van der Waals surface area (Å²) in [5.41, 5.74) is 1.21. The highest BCUT2D eigenvalue weighted by atomic mass is 16.5. The van der Waals surface area contributed by atoms with Gasteiger partial charge in [-0.05, 0) is 32.0 Å². The Hall–Kier alpha value is -1.55. The Balaban J connectivity index is 2.30. The number of carboxylic acid groups (broad SMARTS) is 1. The maximum absolute atomic E-state index is 10.6. The van der Waals surface area contributed by atoms with Gasteiger partial charge in [0.05, 0.1) is 6.42 Å². The molecular formula is C15H23NO3. The maximum atomic E-state index is 10.6. The Morgan fingerprint density at radius 2 is 1.89 bits per heavy atom. The Bertz CT molecular complexity index is 375. The summed E-state index contributed by atoms with van der Waals surface area (Å²) in [5.74, 6) is 0.112. The van der Waals surface area contributed by atoms with E-state index in [1.165, 1.54) is 5.56 Å². The van der Waals surface area contributed by atoms with E-state index >= 15 is 0 Å². The summed E-state index contributed by atoms with van der Waals surface area (Å²) in [6.45, 7) is 6.97. The van der Waals surface area contributed by atoms with Gasteiger partial charge < -0.3 is 9.84 Å². The minimum atomic E-state index is -0.749. The Kier molecular flexibility index (Phi) is 6.97. The smallest absolute Gasteiger partial charge is 0.304 e. The molecule has 0 aliphatic rings. The van der Waals surface area contributed by atoms with Gasteiger partial charge >= 0.3 is 5.97 Å². The molecule has 0 aromatic heterocycles. The van der Waals surface area contributed by atoms with Gasteiger partial charge in [0.25, 0.3) is 0 Å². The van der Waals surface area contributed by atoms with E-state index in [1.54, 1.807) is 0 Å². The van der Waals surface area contributed by atoms with Crippen LogP contribution < -0.4 is 4.74 Å². The molecule has 1 aromatic rings. The predicted octanol–water partition coefficient (Wildman–Crippen LogP) is 2.56. The summed E-state index contributed by atoms with van der Waals surface area (Å²) in [6.07, 6.45) is 1.20. The molecule has 0 saturated carbocycles. The van der Waals surface area contributed by atoms with E-state index < -0.39 is 5.97 Å². The lowest BCUT2D eigenvalue weighted by molar-refractivity contribution is -0.137. The van der Waals surface area contributed by atoms with E-state index in [4.69, 9.17) is 9.84 Å². The zero-order valence-corrected chi connectivity index (χ0v) is 11.8. The lowest BCUT2D eigenvalue weighted by atomic mass is 10.2. The van der Waals surface area contributed by atoms with E-state index in [2.05, 4.69) is 11.8 Å². The molecule has 0 unspecified atom stereocenters. The number of aryl methyl sites for hydroxylation is 1. The van der Waals surface area contributed by atoms with Crippen molar-refractivity contribution in [2.75, 3.05) is 26.2 Å². The first kappa shape index (κ1) is 15.5. The molecule has 0 fully saturated rings. The van der Waals surface area contributed by atoms with E-state index in [0.717, 1.165) is 25.3 Å². The molecule has 0 radical (unpaired) electrons. The molecule has 4 nitrogen and oxygen atoms in total. The molecule has 0 saturated heterocycles. The van der Waals surface area contributed by atoms with Crippen molar-refractivity contribution < 1.29 is 14.6 Å². The van der Waals surface area contributed by atoms with Gasteiger partial charge in [-0.3, -0.25) is 9.69 Å². The van der Waals surface area contributed by atoms with Gasteiger partial charge in [0, 0.05) is 13.1 Å². The molecule has 0 aliphatic heterocycles. The third kappa shape index (κ3) is 6.82. The van der Waals surface area contributed by atoms with Crippen LogP contribution in [0.15, 0.2) is 24.3 Å². The van der Waals surface area contributed by atoms with E-state index in [9.17, 15) is 4.79 Å². The Morgan fingerprint density at radius 1 is 1.21 bits per heavy atom. The molecule has 19 heavy (non-hydrogen) atoms. The fourth-order valence-electron chi connectivity index (χ4n) is 1.83. The summed E-state index contributed by atoms with van der Waals surface area (Å²) >= 11 is 0. The van der Waals surface area contributed by atoms with Gasteiger partial charge in [0.2, 0.25) is 0 Å². The average Bonchev–Trinajstić information content (AvgIpc) is 2.38. The van der Waals surface area contributed by atoms with Crippen LogP contribution in [0.25, 0.3) is 0 Å². The summed E-state index contributed by atoms with van der Waals surface area (Å²) in [7, 11) is 0. The lowest BCUT2D eigenvalue weighted by Gasteiger charge is -2.20. The van der Waals surface area contributed by atoms with Gasteiger partial charge in [0.15, 0.2) is 0 Å². The topological polar surface area (TPSA) is 49.8 Å². The SMILES string of the molecule is CCCN(CCOc1ccc(C)cc1)CCC(=O)O. The molecule has 1 N–H and O–H groups in total. The van der Waals surface area contributed by atoms with Gasteiger partial charge in [-0.15, -0.1) is 0 Å². The van der Waals surface area contributed by atoms with Crippen LogP contribution in [-0.2, 0) is 4.79 Å². The Labute approximate surface area is 115 Å². The molecule has 0 atom stereocenters. The standard InChI is InChI=1S/C15H23NO3/c1-3-9-16(10-8-15(17)18)11-12-19-14-6-4-13(2)5-7-14/h4-7H,3,8-12H2,1-2H3,(H,17,18). The first-order chi connectivity index (χ1) is 9.11. The molecule has 4 heteroatoms. The molecule has 1 rings (SSSR count). The third-order valence-corrected chi connectivity index (χ3v) is 2.88. The maximum Gasteiger partial charge on any atom is 0.304 e. The minimum Gasteiger partial charge on any atom is -0.492 e. The lowest BCUT2D eigenvalue weighted by Crippen LogP contribution is -2.31. The minimum absolute atomic E-state index is 0.185. The average molecular weight is 265 g/mol.